The fraction of sp³-hybridized carbons (Fsp3) is 0.556. The molecule has 1 atom stereocenters. The number of thioether (sulfide) groups is 1. The van der Waals surface area contributed by atoms with Crippen LogP contribution in [0.15, 0.2) is 29.2 Å². The SMILES string of the molecule is CN(CC(=O)O)CC1CN(C(=O)NCCCSc2ccc(F)cc2)CCO1. The molecule has 1 heterocycles. The lowest BCUT2D eigenvalue weighted by molar-refractivity contribution is -0.138. The average Bonchev–Trinajstić information content (AvgIpc) is 2.62. The van der Waals surface area contributed by atoms with E-state index in [4.69, 9.17) is 9.84 Å². The van der Waals surface area contributed by atoms with Crippen LogP contribution < -0.4 is 5.32 Å². The molecule has 1 aromatic rings. The number of carbonyl (C=O) groups is 2. The predicted octanol–water partition coefficient (Wildman–Crippen LogP) is 1.73. The molecule has 150 valence electrons. The lowest BCUT2D eigenvalue weighted by atomic mass is 10.2. The van der Waals surface area contributed by atoms with Crippen LogP contribution in [-0.4, -0.2) is 85.1 Å². The lowest BCUT2D eigenvalue weighted by Gasteiger charge is -2.34. The number of carboxylic acids is 1. The number of carbonyl (C=O) groups excluding carboxylic acids is 1. The molecule has 0 spiro atoms. The van der Waals surface area contributed by atoms with E-state index in [0.717, 1.165) is 17.1 Å². The molecule has 2 amide bonds. The smallest absolute Gasteiger partial charge is 0.317 e. The van der Waals surface area contributed by atoms with Crippen molar-refractivity contribution in [1.29, 1.82) is 0 Å². The standard InChI is InChI=1S/C18H26FN3O4S/c1-21(13-17(23)24)11-15-12-22(8-9-26-15)18(25)20-7-2-10-27-16-5-3-14(19)4-6-16/h3-6,15H,2,7-13H2,1H3,(H,20,25)(H,23,24). The van der Waals surface area contributed by atoms with Crippen molar-refractivity contribution >= 4 is 23.8 Å². The summed E-state index contributed by atoms with van der Waals surface area (Å²) in [5.41, 5.74) is 0. The van der Waals surface area contributed by atoms with Crippen molar-refractivity contribution in [1.82, 2.24) is 15.1 Å². The van der Waals surface area contributed by atoms with Gasteiger partial charge in [0.15, 0.2) is 0 Å². The molecular weight excluding hydrogens is 373 g/mol. The van der Waals surface area contributed by atoms with Crippen LogP contribution in [0.5, 0.6) is 0 Å². The molecule has 27 heavy (non-hydrogen) atoms. The number of likely N-dealkylation sites (N-methyl/N-ethyl adjacent to an activating group) is 1. The van der Waals surface area contributed by atoms with Crippen molar-refractivity contribution in [3.05, 3.63) is 30.1 Å². The first-order chi connectivity index (χ1) is 12.9. The van der Waals surface area contributed by atoms with Crippen molar-refractivity contribution in [2.45, 2.75) is 17.4 Å². The molecule has 0 aromatic heterocycles. The molecule has 0 saturated carbocycles. The van der Waals surface area contributed by atoms with Gasteiger partial charge in [-0.1, -0.05) is 0 Å². The molecule has 1 unspecified atom stereocenters. The predicted molar refractivity (Wildman–Crippen MR) is 102 cm³/mol. The van der Waals surface area contributed by atoms with E-state index in [1.807, 2.05) is 0 Å². The third-order valence-corrected chi connectivity index (χ3v) is 5.12. The number of hydrogen-bond donors (Lipinski definition) is 2. The van der Waals surface area contributed by atoms with Gasteiger partial charge in [0.25, 0.3) is 0 Å². The molecule has 7 nitrogen and oxygen atoms in total. The quantitative estimate of drug-likeness (QED) is 0.486. The van der Waals surface area contributed by atoms with Crippen LogP contribution in [0.3, 0.4) is 0 Å². The van der Waals surface area contributed by atoms with Crippen molar-refractivity contribution in [2.75, 3.05) is 52.1 Å². The summed E-state index contributed by atoms with van der Waals surface area (Å²) in [6.07, 6.45) is 0.617. The number of nitrogens with zero attached hydrogens (tertiary/aromatic N) is 2. The Bertz CT molecular complexity index is 617. The number of rotatable bonds is 9. The maximum atomic E-state index is 12.8. The van der Waals surface area contributed by atoms with Crippen LogP contribution in [0.4, 0.5) is 9.18 Å². The summed E-state index contributed by atoms with van der Waals surface area (Å²) in [4.78, 5) is 27.4. The minimum Gasteiger partial charge on any atom is -0.480 e. The highest BCUT2D eigenvalue weighted by molar-refractivity contribution is 7.99. The number of benzene rings is 1. The van der Waals surface area contributed by atoms with Gasteiger partial charge in [-0.25, -0.2) is 9.18 Å². The maximum Gasteiger partial charge on any atom is 0.317 e. The second kappa shape index (κ2) is 11.1. The van der Waals surface area contributed by atoms with Crippen molar-refractivity contribution in [3.63, 3.8) is 0 Å². The number of hydrogen-bond acceptors (Lipinski definition) is 5. The first-order valence-electron chi connectivity index (χ1n) is 8.87. The Kier molecular flexibility index (Phi) is 8.83. The van der Waals surface area contributed by atoms with Crippen molar-refractivity contribution < 1.29 is 23.8 Å². The van der Waals surface area contributed by atoms with Gasteiger partial charge in [0, 0.05) is 31.1 Å². The van der Waals surface area contributed by atoms with E-state index in [-0.39, 0.29) is 24.5 Å². The minimum atomic E-state index is -0.888. The van der Waals surface area contributed by atoms with Gasteiger partial charge in [0.05, 0.1) is 19.3 Å². The number of halogens is 1. The second-order valence-corrected chi connectivity index (χ2v) is 7.59. The normalized spacial score (nSPS) is 17.1. The zero-order valence-corrected chi connectivity index (χ0v) is 16.2. The average molecular weight is 399 g/mol. The zero-order valence-electron chi connectivity index (χ0n) is 15.4. The Morgan fingerprint density at radius 2 is 2.15 bits per heavy atom. The highest BCUT2D eigenvalue weighted by atomic mass is 32.2. The van der Waals surface area contributed by atoms with Crippen LogP contribution in [-0.2, 0) is 9.53 Å². The first-order valence-corrected chi connectivity index (χ1v) is 9.85. The Labute approximate surface area is 162 Å². The summed E-state index contributed by atoms with van der Waals surface area (Å²) in [5, 5.41) is 11.7. The van der Waals surface area contributed by atoms with E-state index in [0.29, 0.717) is 32.8 Å². The Morgan fingerprint density at radius 3 is 2.85 bits per heavy atom. The van der Waals surface area contributed by atoms with Gasteiger partial charge in [-0.15, -0.1) is 11.8 Å². The number of carboxylic acid groups (broad SMARTS) is 1. The molecule has 0 radical (unpaired) electrons. The summed E-state index contributed by atoms with van der Waals surface area (Å²) >= 11 is 1.62. The van der Waals surface area contributed by atoms with E-state index in [1.165, 1.54) is 12.1 Å². The third-order valence-electron chi connectivity index (χ3n) is 4.03. The third kappa shape index (κ3) is 8.15. The largest absolute Gasteiger partial charge is 0.480 e. The lowest BCUT2D eigenvalue weighted by Crippen LogP contribution is -2.52. The highest BCUT2D eigenvalue weighted by Gasteiger charge is 2.25. The molecule has 2 rings (SSSR count). The summed E-state index contributed by atoms with van der Waals surface area (Å²) in [7, 11) is 1.72. The summed E-state index contributed by atoms with van der Waals surface area (Å²) < 4.78 is 18.5. The summed E-state index contributed by atoms with van der Waals surface area (Å²) in [6.45, 7) is 2.38. The highest BCUT2D eigenvalue weighted by Crippen LogP contribution is 2.18. The maximum absolute atomic E-state index is 12.8. The van der Waals surface area contributed by atoms with Crippen LogP contribution in [0.1, 0.15) is 6.42 Å². The molecule has 1 aromatic carbocycles. The molecule has 1 aliphatic rings. The topological polar surface area (TPSA) is 82.1 Å². The van der Waals surface area contributed by atoms with Gasteiger partial charge in [0.2, 0.25) is 0 Å². The molecule has 0 bridgehead atoms. The van der Waals surface area contributed by atoms with Gasteiger partial charge in [-0.2, -0.15) is 0 Å². The van der Waals surface area contributed by atoms with Crippen LogP contribution in [0, 0.1) is 5.82 Å². The number of aliphatic carboxylic acids is 1. The Morgan fingerprint density at radius 1 is 1.41 bits per heavy atom. The molecular formula is C18H26FN3O4S. The fourth-order valence-electron chi connectivity index (χ4n) is 2.76. The van der Waals surface area contributed by atoms with Gasteiger partial charge in [-0.3, -0.25) is 9.69 Å². The minimum absolute atomic E-state index is 0.0578. The Hall–Kier alpha value is -1.84. The number of morpholine rings is 1. The molecule has 2 N–H and O–H groups in total. The molecule has 0 aliphatic carbocycles. The first kappa shape index (κ1) is 21.5. The number of nitrogens with one attached hydrogen (secondary N) is 1. The van der Waals surface area contributed by atoms with Gasteiger partial charge in [-0.05, 0) is 43.5 Å². The molecule has 1 saturated heterocycles. The van der Waals surface area contributed by atoms with Gasteiger partial charge in [0.1, 0.15) is 5.82 Å². The fourth-order valence-corrected chi connectivity index (χ4v) is 3.61. The number of amides is 2. The Balaban J connectivity index is 1.63. The van der Waals surface area contributed by atoms with E-state index in [2.05, 4.69) is 5.32 Å². The van der Waals surface area contributed by atoms with Gasteiger partial charge >= 0.3 is 12.0 Å². The van der Waals surface area contributed by atoms with E-state index >= 15 is 0 Å². The van der Waals surface area contributed by atoms with Crippen LogP contribution in [0.25, 0.3) is 0 Å². The van der Waals surface area contributed by atoms with E-state index < -0.39 is 5.97 Å². The van der Waals surface area contributed by atoms with Crippen LogP contribution in [0.2, 0.25) is 0 Å². The van der Waals surface area contributed by atoms with Crippen LogP contribution >= 0.6 is 11.8 Å². The van der Waals surface area contributed by atoms with Crippen molar-refractivity contribution in [2.24, 2.45) is 0 Å². The second-order valence-electron chi connectivity index (χ2n) is 6.42. The van der Waals surface area contributed by atoms with Crippen molar-refractivity contribution in [3.8, 4) is 0 Å². The van der Waals surface area contributed by atoms with E-state index in [1.54, 1.807) is 40.7 Å². The summed E-state index contributed by atoms with van der Waals surface area (Å²) in [5.74, 6) is -0.302. The monoisotopic (exact) mass is 399 g/mol. The number of urea groups is 1. The summed E-state index contributed by atoms with van der Waals surface area (Å²) in [6, 6.07) is 6.23. The molecule has 1 aliphatic heterocycles. The number of ether oxygens (including phenoxy) is 1. The molecule has 9 heteroatoms. The van der Waals surface area contributed by atoms with Gasteiger partial charge < -0.3 is 20.1 Å². The zero-order chi connectivity index (χ0) is 19.6. The molecule has 1 fully saturated rings. The van der Waals surface area contributed by atoms with E-state index in [9.17, 15) is 14.0 Å².